The van der Waals surface area contributed by atoms with E-state index in [-0.39, 0.29) is 36.2 Å². The number of hydrogen-bond acceptors (Lipinski definition) is 4. The maximum atomic E-state index is 12.4. The van der Waals surface area contributed by atoms with Crippen molar-refractivity contribution in [1.29, 1.82) is 0 Å². The Hall–Kier alpha value is -1.97. The number of nitrogens with one attached hydrogen (secondary N) is 2. The van der Waals surface area contributed by atoms with Crippen LogP contribution in [0.2, 0.25) is 0 Å². The number of carbonyl (C=O) groups excluding carboxylic acids is 2. The van der Waals surface area contributed by atoms with Crippen LogP contribution >= 0.6 is 0 Å². The largest absolute Gasteiger partial charge is 0.351 e. The van der Waals surface area contributed by atoms with E-state index < -0.39 is 10.2 Å². The van der Waals surface area contributed by atoms with Gasteiger partial charge >= 0.3 is 0 Å². The van der Waals surface area contributed by atoms with Crippen LogP contribution in [0, 0.1) is 11.8 Å². The van der Waals surface area contributed by atoms with Gasteiger partial charge in [-0.3, -0.25) is 9.59 Å². The summed E-state index contributed by atoms with van der Waals surface area (Å²) in [5.41, 5.74) is 0.507. The summed E-state index contributed by atoms with van der Waals surface area (Å²) in [6.07, 6.45) is 1.79. The molecule has 0 radical (unpaired) electrons. The molecule has 3 rings (SSSR count). The van der Waals surface area contributed by atoms with Crippen LogP contribution in [0.5, 0.6) is 0 Å². The van der Waals surface area contributed by atoms with Gasteiger partial charge in [0.25, 0.3) is 16.1 Å². The van der Waals surface area contributed by atoms with Gasteiger partial charge in [-0.2, -0.15) is 17.0 Å². The first kappa shape index (κ1) is 19.8. The molecule has 148 valence electrons. The number of carbonyl (C=O) groups is 2. The second kappa shape index (κ2) is 7.95. The highest BCUT2D eigenvalue weighted by atomic mass is 32.2. The standard InChI is InChI=1S/C18H26N4O4S/c1-21(2)27(25,26)22-11-14-8-9-15(12-22)17(14)20-16(23)10-19-18(24)13-6-4-3-5-7-13/h3-7,14-15,17H,8-12H2,1-2H3,(H,19,24)(H,20,23). The average Bonchev–Trinajstić information content (AvgIpc) is 2.87. The molecule has 2 fully saturated rings. The predicted molar refractivity (Wildman–Crippen MR) is 101 cm³/mol. The van der Waals surface area contributed by atoms with Crippen molar-refractivity contribution in [1.82, 2.24) is 19.2 Å². The Labute approximate surface area is 160 Å². The van der Waals surface area contributed by atoms with Crippen LogP contribution in [0.3, 0.4) is 0 Å². The summed E-state index contributed by atoms with van der Waals surface area (Å²) >= 11 is 0. The van der Waals surface area contributed by atoms with Gasteiger partial charge in [0, 0.05) is 38.8 Å². The van der Waals surface area contributed by atoms with E-state index in [1.807, 2.05) is 6.07 Å². The van der Waals surface area contributed by atoms with Crippen LogP contribution in [0.1, 0.15) is 23.2 Å². The number of benzene rings is 1. The molecule has 8 nitrogen and oxygen atoms in total. The summed E-state index contributed by atoms with van der Waals surface area (Å²) in [6.45, 7) is 0.736. The van der Waals surface area contributed by atoms with Gasteiger partial charge in [-0.15, -0.1) is 0 Å². The van der Waals surface area contributed by atoms with E-state index in [9.17, 15) is 18.0 Å². The minimum absolute atomic E-state index is 0.0419. The fourth-order valence-corrected chi connectivity index (χ4v) is 5.15. The topological polar surface area (TPSA) is 98.8 Å². The van der Waals surface area contributed by atoms with Gasteiger partial charge in [-0.05, 0) is 36.8 Å². The van der Waals surface area contributed by atoms with Gasteiger partial charge in [-0.1, -0.05) is 18.2 Å². The molecule has 9 heteroatoms. The molecule has 1 aromatic carbocycles. The Balaban J connectivity index is 1.53. The van der Waals surface area contributed by atoms with Crippen LogP contribution < -0.4 is 10.6 Å². The summed E-state index contributed by atoms with van der Waals surface area (Å²) < 4.78 is 27.5. The van der Waals surface area contributed by atoms with Crippen molar-refractivity contribution < 1.29 is 18.0 Å². The maximum Gasteiger partial charge on any atom is 0.281 e. The summed E-state index contributed by atoms with van der Waals surface area (Å²) in [6, 6.07) is 8.69. The van der Waals surface area contributed by atoms with Crippen LogP contribution in [0.25, 0.3) is 0 Å². The lowest BCUT2D eigenvalue weighted by molar-refractivity contribution is -0.121. The molecule has 2 amide bonds. The van der Waals surface area contributed by atoms with Gasteiger partial charge in [-0.25, -0.2) is 0 Å². The van der Waals surface area contributed by atoms with Crippen LogP contribution in [-0.2, 0) is 15.0 Å². The Bertz CT molecular complexity index is 783. The van der Waals surface area contributed by atoms with Crippen LogP contribution in [-0.4, -0.2) is 68.6 Å². The highest BCUT2D eigenvalue weighted by Gasteiger charge is 2.46. The Morgan fingerprint density at radius 1 is 1.11 bits per heavy atom. The fraction of sp³-hybridized carbons (Fsp3) is 0.556. The van der Waals surface area contributed by atoms with Crippen molar-refractivity contribution in [3.8, 4) is 0 Å². The molecule has 2 aliphatic rings. The van der Waals surface area contributed by atoms with E-state index in [0.717, 1.165) is 12.8 Å². The average molecular weight is 394 g/mol. The highest BCUT2D eigenvalue weighted by Crippen LogP contribution is 2.38. The van der Waals surface area contributed by atoms with Crippen molar-refractivity contribution in [3.05, 3.63) is 35.9 Å². The number of nitrogens with zero attached hydrogens (tertiary/aromatic N) is 2. The maximum absolute atomic E-state index is 12.4. The van der Waals surface area contributed by atoms with E-state index in [4.69, 9.17) is 0 Å². The molecule has 1 aliphatic carbocycles. The monoisotopic (exact) mass is 394 g/mol. The number of amides is 2. The molecule has 2 N–H and O–H groups in total. The van der Waals surface area contributed by atoms with Crippen molar-refractivity contribution in [3.63, 3.8) is 0 Å². The Morgan fingerprint density at radius 2 is 1.70 bits per heavy atom. The van der Waals surface area contributed by atoms with E-state index in [1.165, 1.54) is 22.7 Å². The highest BCUT2D eigenvalue weighted by molar-refractivity contribution is 7.86. The minimum Gasteiger partial charge on any atom is -0.351 e. The smallest absolute Gasteiger partial charge is 0.281 e. The Kier molecular flexibility index (Phi) is 5.83. The van der Waals surface area contributed by atoms with Crippen molar-refractivity contribution in [2.24, 2.45) is 11.8 Å². The minimum atomic E-state index is -3.43. The van der Waals surface area contributed by atoms with E-state index in [1.54, 1.807) is 24.3 Å². The molecule has 1 saturated carbocycles. The Morgan fingerprint density at radius 3 is 2.26 bits per heavy atom. The molecule has 2 bridgehead atoms. The van der Waals surface area contributed by atoms with Crippen molar-refractivity contribution in [2.45, 2.75) is 18.9 Å². The van der Waals surface area contributed by atoms with Gasteiger partial charge in [0.15, 0.2) is 0 Å². The number of fused-ring (bicyclic) bond motifs is 2. The molecule has 1 aromatic rings. The van der Waals surface area contributed by atoms with E-state index >= 15 is 0 Å². The van der Waals surface area contributed by atoms with Crippen molar-refractivity contribution >= 4 is 22.0 Å². The van der Waals surface area contributed by atoms with Crippen molar-refractivity contribution in [2.75, 3.05) is 33.7 Å². The molecule has 2 unspecified atom stereocenters. The quantitative estimate of drug-likeness (QED) is 0.712. The SMILES string of the molecule is CN(C)S(=O)(=O)N1CC2CCC(C1)C2NC(=O)CNC(=O)c1ccccc1. The second-order valence-electron chi connectivity index (χ2n) is 7.35. The predicted octanol–water partition coefficient (Wildman–Crippen LogP) is 0.0494. The molecule has 27 heavy (non-hydrogen) atoms. The third-order valence-electron chi connectivity index (χ3n) is 5.36. The molecule has 1 saturated heterocycles. The number of piperidine rings is 1. The van der Waals surface area contributed by atoms with Gasteiger partial charge in [0.1, 0.15) is 0 Å². The summed E-state index contributed by atoms with van der Waals surface area (Å²) in [5.74, 6) is -0.329. The summed E-state index contributed by atoms with van der Waals surface area (Å²) in [7, 11) is -0.376. The second-order valence-corrected chi connectivity index (χ2v) is 9.49. The lowest BCUT2D eigenvalue weighted by atomic mass is 9.93. The van der Waals surface area contributed by atoms with Crippen LogP contribution in [0.15, 0.2) is 30.3 Å². The van der Waals surface area contributed by atoms with E-state index in [0.29, 0.717) is 18.7 Å². The normalized spacial score (nSPS) is 25.4. The zero-order chi connectivity index (χ0) is 19.6. The first-order chi connectivity index (χ1) is 12.8. The third kappa shape index (κ3) is 4.31. The molecule has 0 spiro atoms. The molecular weight excluding hydrogens is 368 g/mol. The molecule has 2 atom stereocenters. The summed E-state index contributed by atoms with van der Waals surface area (Å²) in [4.78, 5) is 24.3. The fourth-order valence-electron chi connectivity index (χ4n) is 3.92. The number of hydrogen-bond donors (Lipinski definition) is 2. The third-order valence-corrected chi connectivity index (χ3v) is 7.23. The van der Waals surface area contributed by atoms with E-state index in [2.05, 4.69) is 10.6 Å². The number of rotatable bonds is 6. The van der Waals surface area contributed by atoms with Gasteiger partial charge < -0.3 is 10.6 Å². The first-order valence-electron chi connectivity index (χ1n) is 9.09. The first-order valence-corrected chi connectivity index (χ1v) is 10.5. The molecule has 1 heterocycles. The molecule has 0 aromatic heterocycles. The van der Waals surface area contributed by atoms with Crippen LogP contribution in [0.4, 0.5) is 0 Å². The lowest BCUT2D eigenvalue weighted by Crippen LogP contribution is -2.56. The zero-order valence-electron chi connectivity index (χ0n) is 15.6. The summed E-state index contributed by atoms with van der Waals surface area (Å²) in [5, 5.41) is 5.62. The molecular formula is C18H26N4O4S. The molecule has 1 aliphatic heterocycles. The van der Waals surface area contributed by atoms with Gasteiger partial charge in [0.05, 0.1) is 6.54 Å². The van der Waals surface area contributed by atoms with Gasteiger partial charge in [0.2, 0.25) is 5.91 Å². The zero-order valence-corrected chi connectivity index (χ0v) is 16.4. The lowest BCUT2D eigenvalue weighted by Gasteiger charge is -2.38.